The van der Waals surface area contributed by atoms with Crippen LogP contribution >= 0.6 is 0 Å². The molecule has 27 heavy (non-hydrogen) atoms. The molecular weight excluding hydrogens is 342 g/mol. The van der Waals surface area contributed by atoms with Gasteiger partial charge in [-0.3, -0.25) is 19.3 Å². The highest BCUT2D eigenvalue weighted by Crippen LogP contribution is 2.37. The summed E-state index contributed by atoms with van der Waals surface area (Å²) in [6.45, 7) is 7.10. The third-order valence-corrected chi connectivity index (χ3v) is 5.68. The van der Waals surface area contributed by atoms with Gasteiger partial charge in [0, 0.05) is 24.0 Å². The molecule has 1 N–H and O–H groups in total. The minimum Gasteiger partial charge on any atom is -0.369 e. The van der Waals surface area contributed by atoms with Crippen LogP contribution in [0.2, 0.25) is 0 Å². The number of imide groups is 1. The van der Waals surface area contributed by atoms with E-state index in [0.29, 0.717) is 11.7 Å². The number of rotatable bonds is 6. The van der Waals surface area contributed by atoms with Crippen LogP contribution in [0.3, 0.4) is 0 Å². The molecule has 1 aliphatic heterocycles. The number of amides is 3. The van der Waals surface area contributed by atoms with E-state index >= 15 is 0 Å². The van der Waals surface area contributed by atoms with Gasteiger partial charge in [0.1, 0.15) is 6.54 Å². The number of nitrogens with zero attached hydrogens (tertiary/aromatic N) is 2. The quantitative estimate of drug-likeness (QED) is 0.781. The fourth-order valence-electron chi connectivity index (χ4n) is 4.31. The van der Waals surface area contributed by atoms with Crippen LogP contribution in [0.4, 0.5) is 11.4 Å². The third kappa shape index (κ3) is 3.99. The highest BCUT2D eigenvalue weighted by molar-refractivity contribution is 6.08. The molecule has 1 saturated carbocycles. The average molecular weight is 371 g/mol. The van der Waals surface area contributed by atoms with Gasteiger partial charge in [-0.1, -0.05) is 12.8 Å². The Hall–Kier alpha value is -2.37. The molecule has 1 aromatic carbocycles. The summed E-state index contributed by atoms with van der Waals surface area (Å²) in [6.07, 6.45) is 3.49. The van der Waals surface area contributed by atoms with Crippen molar-refractivity contribution in [2.45, 2.75) is 52.5 Å². The summed E-state index contributed by atoms with van der Waals surface area (Å²) in [5.74, 6) is -1.11. The molecule has 0 spiro atoms. The minimum absolute atomic E-state index is 0.175. The van der Waals surface area contributed by atoms with E-state index in [0.717, 1.165) is 42.8 Å². The highest BCUT2D eigenvalue weighted by Gasteiger charge is 2.48. The van der Waals surface area contributed by atoms with Crippen LogP contribution < -0.4 is 10.2 Å². The van der Waals surface area contributed by atoms with Gasteiger partial charge in [0.25, 0.3) is 0 Å². The standard InChI is InChI=1S/C21H29N3O3/c1-4-23(14(2)3)16-11-9-15(10-12-16)22-19(25)13-24-20(26)17-7-5-6-8-18(17)21(24)27/h9-12,14,17-18H,4-8,13H2,1-3H3,(H,22,25). The van der Waals surface area contributed by atoms with E-state index in [9.17, 15) is 14.4 Å². The first kappa shape index (κ1) is 19.4. The Morgan fingerprint density at radius 3 is 2.15 bits per heavy atom. The molecular formula is C21H29N3O3. The van der Waals surface area contributed by atoms with Crippen molar-refractivity contribution in [3.8, 4) is 0 Å². The van der Waals surface area contributed by atoms with Gasteiger partial charge in [-0.2, -0.15) is 0 Å². The lowest BCUT2D eigenvalue weighted by atomic mass is 9.81. The predicted molar refractivity (Wildman–Crippen MR) is 105 cm³/mol. The molecule has 0 bridgehead atoms. The van der Waals surface area contributed by atoms with E-state index in [1.54, 1.807) is 0 Å². The molecule has 6 nitrogen and oxygen atoms in total. The topological polar surface area (TPSA) is 69.7 Å². The van der Waals surface area contributed by atoms with Gasteiger partial charge in [0.15, 0.2) is 0 Å². The third-order valence-electron chi connectivity index (χ3n) is 5.68. The van der Waals surface area contributed by atoms with Crippen LogP contribution in [0.15, 0.2) is 24.3 Å². The molecule has 1 aromatic rings. The van der Waals surface area contributed by atoms with E-state index in [4.69, 9.17) is 0 Å². The van der Waals surface area contributed by atoms with Crippen molar-refractivity contribution >= 4 is 29.1 Å². The number of carbonyl (C=O) groups is 3. The Balaban J connectivity index is 1.61. The number of hydrogen-bond acceptors (Lipinski definition) is 4. The maximum absolute atomic E-state index is 12.5. The van der Waals surface area contributed by atoms with Crippen LogP contribution in [0.1, 0.15) is 46.5 Å². The maximum Gasteiger partial charge on any atom is 0.244 e. The molecule has 2 aliphatic rings. The van der Waals surface area contributed by atoms with Gasteiger partial charge in [-0.15, -0.1) is 0 Å². The lowest BCUT2D eigenvalue weighted by Gasteiger charge is -2.27. The van der Waals surface area contributed by atoms with Gasteiger partial charge in [0.2, 0.25) is 17.7 Å². The zero-order chi connectivity index (χ0) is 19.6. The first-order valence-electron chi connectivity index (χ1n) is 9.94. The SMILES string of the molecule is CCN(c1ccc(NC(=O)CN2C(=O)C3CCCCC3C2=O)cc1)C(C)C. The molecule has 1 saturated heterocycles. The summed E-state index contributed by atoms with van der Waals surface area (Å²) in [4.78, 5) is 40.7. The summed E-state index contributed by atoms with van der Waals surface area (Å²) < 4.78 is 0. The number of carbonyl (C=O) groups excluding carboxylic acids is 3. The zero-order valence-corrected chi connectivity index (χ0v) is 16.4. The zero-order valence-electron chi connectivity index (χ0n) is 16.4. The Morgan fingerprint density at radius 2 is 1.67 bits per heavy atom. The second-order valence-electron chi connectivity index (χ2n) is 7.73. The van der Waals surface area contributed by atoms with Crippen LogP contribution in [0.25, 0.3) is 0 Å². The molecule has 3 amide bonds. The molecule has 3 rings (SSSR count). The van der Waals surface area contributed by atoms with E-state index in [1.165, 1.54) is 0 Å². The van der Waals surface area contributed by atoms with E-state index in [2.05, 4.69) is 31.0 Å². The van der Waals surface area contributed by atoms with Crippen molar-refractivity contribution in [1.29, 1.82) is 0 Å². The number of nitrogens with one attached hydrogen (secondary N) is 1. The Bertz CT molecular complexity index is 690. The first-order chi connectivity index (χ1) is 12.9. The summed E-state index contributed by atoms with van der Waals surface area (Å²) in [5, 5.41) is 2.80. The number of fused-ring (bicyclic) bond motifs is 1. The van der Waals surface area contributed by atoms with Crippen molar-refractivity contribution in [1.82, 2.24) is 4.90 Å². The largest absolute Gasteiger partial charge is 0.369 e. The van der Waals surface area contributed by atoms with Gasteiger partial charge in [-0.05, 0) is 57.9 Å². The lowest BCUT2D eigenvalue weighted by molar-refractivity contribution is -0.142. The first-order valence-corrected chi connectivity index (χ1v) is 9.94. The summed E-state index contributed by atoms with van der Waals surface area (Å²) >= 11 is 0. The average Bonchev–Trinajstić information content (AvgIpc) is 2.89. The Morgan fingerprint density at radius 1 is 1.11 bits per heavy atom. The normalized spacial score (nSPS) is 22.1. The van der Waals surface area contributed by atoms with Gasteiger partial charge in [0.05, 0.1) is 11.8 Å². The number of hydrogen-bond donors (Lipinski definition) is 1. The molecule has 2 fully saturated rings. The molecule has 146 valence electrons. The van der Waals surface area contributed by atoms with Crippen molar-refractivity contribution in [3.63, 3.8) is 0 Å². The van der Waals surface area contributed by atoms with Crippen LogP contribution in [-0.2, 0) is 14.4 Å². The van der Waals surface area contributed by atoms with E-state index in [1.807, 2.05) is 24.3 Å². The molecule has 0 radical (unpaired) electrons. The Kier molecular flexibility index (Phi) is 5.82. The van der Waals surface area contributed by atoms with Crippen molar-refractivity contribution in [2.24, 2.45) is 11.8 Å². The van der Waals surface area contributed by atoms with Crippen LogP contribution in [0, 0.1) is 11.8 Å². The highest BCUT2D eigenvalue weighted by atomic mass is 16.2. The predicted octanol–water partition coefficient (Wildman–Crippen LogP) is 3.04. The van der Waals surface area contributed by atoms with Crippen molar-refractivity contribution < 1.29 is 14.4 Å². The lowest BCUT2D eigenvalue weighted by Crippen LogP contribution is -2.38. The van der Waals surface area contributed by atoms with Crippen molar-refractivity contribution in [2.75, 3.05) is 23.3 Å². The van der Waals surface area contributed by atoms with Crippen molar-refractivity contribution in [3.05, 3.63) is 24.3 Å². The summed E-state index contributed by atoms with van der Waals surface area (Å²) in [6, 6.07) is 8.04. The Labute approximate surface area is 160 Å². The van der Waals surface area contributed by atoms with Crippen LogP contribution in [-0.4, -0.2) is 41.8 Å². The maximum atomic E-state index is 12.5. The fraction of sp³-hybridized carbons (Fsp3) is 0.571. The van der Waals surface area contributed by atoms with Gasteiger partial charge in [-0.25, -0.2) is 0 Å². The molecule has 2 atom stereocenters. The monoisotopic (exact) mass is 371 g/mol. The van der Waals surface area contributed by atoms with Gasteiger partial charge >= 0.3 is 0 Å². The minimum atomic E-state index is -0.334. The number of benzene rings is 1. The van der Waals surface area contributed by atoms with E-state index < -0.39 is 0 Å². The molecule has 1 aliphatic carbocycles. The second-order valence-corrected chi connectivity index (χ2v) is 7.73. The molecule has 0 aromatic heterocycles. The number of likely N-dealkylation sites (tertiary alicyclic amines) is 1. The van der Waals surface area contributed by atoms with Crippen LogP contribution in [0.5, 0.6) is 0 Å². The molecule has 1 heterocycles. The number of anilines is 2. The smallest absolute Gasteiger partial charge is 0.244 e. The second kappa shape index (κ2) is 8.11. The fourth-order valence-corrected chi connectivity index (χ4v) is 4.31. The summed E-state index contributed by atoms with van der Waals surface area (Å²) in [5.41, 5.74) is 1.76. The van der Waals surface area contributed by atoms with Gasteiger partial charge < -0.3 is 10.2 Å². The molecule has 2 unspecified atom stereocenters. The molecule has 6 heteroatoms. The summed E-state index contributed by atoms with van der Waals surface area (Å²) in [7, 11) is 0. The van der Waals surface area contributed by atoms with E-state index in [-0.39, 0.29) is 36.1 Å².